The van der Waals surface area contributed by atoms with Gasteiger partial charge in [0.25, 0.3) is 0 Å². The van der Waals surface area contributed by atoms with Crippen LogP contribution in [-0.4, -0.2) is 29.6 Å². The van der Waals surface area contributed by atoms with Gasteiger partial charge in [-0.3, -0.25) is 4.79 Å². The third-order valence-corrected chi connectivity index (χ3v) is 4.29. The molecule has 0 heterocycles. The number of amides is 1. The van der Waals surface area contributed by atoms with Crippen molar-refractivity contribution in [3.8, 4) is 0 Å². The molecular weight excluding hydrogens is 257 g/mol. The number of aliphatic hydroxyl groups excluding tert-OH is 1. The third-order valence-electron chi connectivity index (χ3n) is 4.29. The number of benzene rings is 1. The molecule has 3 nitrogen and oxygen atoms in total. The molecule has 0 aliphatic carbocycles. The molecule has 20 heavy (non-hydrogen) atoms. The highest BCUT2D eigenvalue weighted by atomic mass is 19.1. The summed E-state index contributed by atoms with van der Waals surface area (Å²) >= 11 is 0. The predicted octanol–water partition coefficient (Wildman–Crippen LogP) is 3.00. The fourth-order valence-corrected chi connectivity index (χ4v) is 2.37. The Bertz CT molecular complexity index is 454. The van der Waals surface area contributed by atoms with Crippen LogP contribution in [0.15, 0.2) is 24.3 Å². The molecule has 1 aromatic rings. The van der Waals surface area contributed by atoms with E-state index in [1.54, 1.807) is 24.1 Å². The summed E-state index contributed by atoms with van der Waals surface area (Å²) in [6.45, 7) is 7.81. The number of hydrogen-bond acceptors (Lipinski definition) is 2. The van der Waals surface area contributed by atoms with Gasteiger partial charge in [0.15, 0.2) is 0 Å². The van der Waals surface area contributed by atoms with Gasteiger partial charge in [-0.15, -0.1) is 0 Å². The highest BCUT2D eigenvalue weighted by Gasteiger charge is 2.38. The molecule has 1 atom stereocenters. The van der Waals surface area contributed by atoms with Crippen LogP contribution in [0.5, 0.6) is 0 Å². The first-order chi connectivity index (χ1) is 9.21. The molecule has 112 valence electrons. The van der Waals surface area contributed by atoms with E-state index in [0.717, 1.165) is 5.56 Å². The summed E-state index contributed by atoms with van der Waals surface area (Å²) < 4.78 is 13.1. The highest BCUT2D eigenvalue weighted by molar-refractivity contribution is 5.77. The van der Waals surface area contributed by atoms with E-state index in [0.29, 0.717) is 5.92 Å². The Morgan fingerprint density at radius 1 is 1.30 bits per heavy atom. The molecule has 0 aliphatic heterocycles. The Morgan fingerprint density at radius 2 is 1.80 bits per heavy atom. The minimum absolute atomic E-state index is 0.211. The molecule has 1 N–H and O–H groups in total. The summed E-state index contributed by atoms with van der Waals surface area (Å²) in [5, 5.41) is 9.10. The van der Waals surface area contributed by atoms with E-state index < -0.39 is 6.61 Å². The minimum atomic E-state index is -0.525. The summed E-state index contributed by atoms with van der Waals surface area (Å²) in [4.78, 5) is 13.4. The van der Waals surface area contributed by atoms with Gasteiger partial charge in [-0.1, -0.05) is 39.8 Å². The molecule has 0 bridgehead atoms. The normalized spacial score (nSPS) is 13.4. The van der Waals surface area contributed by atoms with Crippen molar-refractivity contribution in [1.82, 2.24) is 4.90 Å². The number of rotatable bonds is 5. The van der Waals surface area contributed by atoms with Gasteiger partial charge < -0.3 is 10.0 Å². The number of likely N-dealkylation sites (N-methyl/N-ethyl adjacent to an activating group) is 1. The average molecular weight is 281 g/mol. The summed E-state index contributed by atoms with van der Waals surface area (Å²) in [6.07, 6.45) is 0. The van der Waals surface area contributed by atoms with Gasteiger partial charge in [-0.05, 0) is 29.0 Å². The maximum absolute atomic E-state index is 13.1. The maximum Gasteiger partial charge on any atom is 0.248 e. The van der Waals surface area contributed by atoms with E-state index >= 15 is 0 Å². The van der Waals surface area contributed by atoms with Gasteiger partial charge in [0, 0.05) is 7.05 Å². The number of carbonyl (C=O) groups excluding carboxylic acids is 1. The van der Waals surface area contributed by atoms with E-state index in [1.807, 2.05) is 0 Å². The Hall–Kier alpha value is -1.42. The van der Waals surface area contributed by atoms with Gasteiger partial charge in [0.2, 0.25) is 5.91 Å². The summed E-state index contributed by atoms with van der Waals surface area (Å²) in [7, 11) is 1.68. The molecule has 0 saturated heterocycles. The van der Waals surface area contributed by atoms with Gasteiger partial charge in [0.05, 0.1) is 6.04 Å². The molecule has 0 aromatic heterocycles. The quantitative estimate of drug-likeness (QED) is 0.901. The van der Waals surface area contributed by atoms with E-state index in [1.165, 1.54) is 12.1 Å². The molecule has 0 radical (unpaired) electrons. The van der Waals surface area contributed by atoms with Crippen molar-refractivity contribution >= 4 is 5.91 Å². The van der Waals surface area contributed by atoms with Crippen LogP contribution in [0.2, 0.25) is 0 Å². The van der Waals surface area contributed by atoms with Gasteiger partial charge in [0.1, 0.15) is 12.4 Å². The summed E-state index contributed by atoms with van der Waals surface area (Å²) in [5.74, 6) is -0.328. The topological polar surface area (TPSA) is 40.5 Å². The second-order valence-corrected chi connectivity index (χ2v) is 6.09. The zero-order valence-electron chi connectivity index (χ0n) is 12.9. The zero-order chi connectivity index (χ0) is 15.5. The highest BCUT2D eigenvalue weighted by Crippen LogP contribution is 2.43. The minimum Gasteiger partial charge on any atom is -0.387 e. The lowest BCUT2D eigenvalue weighted by atomic mass is 9.71. The van der Waals surface area contributed by atoms with E-state index in [4.69, 9.17) is 5.11 Å². The van der Waals surface area contributed by atoms with Crippen molar-refractivity contribution < 1.29 is 14.3 Å². The number of carbonyl (C=O) groups is 1. The lowest BCUT2D eigenvalue weighted by Crippen LogP contribution is -2.43. The number of halogens is 1. The van der Waals surface area contributed by atoms with Gasteiger partial charge in [-0.25, -0.2) is 4.39 Å². The molecule has 0 fully saturated rings. The smallest absolute Gasteiger partial charge is 0.248 e. The molecule has 1 unspecified atom stereocenters. The number of aliphatic hydroxyl groups is 1. The van der Waals surface area contributed by atoms with E-state index in [-0.39, 0.29) is 23.2 Å². The second-order valence-electron chi connectivity index (χ2n) is 6.09. The van der Waals surface area contributed by atoms with E-state index in [9.17, 15) is 9.18 Å². The Labute approximate surface area is 120 Å². The van der Waals surface area contributed by atoms with Crippen LogP contribution in [-0.2, 0) is 4.79 Å². The van der Waals surface area contributed by atoms with Crippen LogP contribution in [0.25, 0.3) is 0 Å². The SMILES string of the molecule is CC(C)C(C)(C)C(c1ccc(F)cc1)N(C)C(=O)CO. The van der Waals surface area contributed by atoms with Crippen LogP contribution < -0.4 is 0 Å². The van der Waals surface area contributed by atoms with Crippen molar-refractivity contribution in [2.24, 2.45) is 11.3 Å². The maximum atomic E-state index is 13.1. The molecule has 1 rings (SSSR count). The summed E-state index contributed by atoms with van der Waals surface area (Å²) in [6, 6.07) is 5.98. The van der Waals surface area contributed by atoms with Crippen molar-refractivity contribution in [2.45, 2.75) is 33.7 Å². The molecule has 1 aromatic carbocycles. The predicted molar refractivity (Wildman–Crippen MR) is 77.6 cm³/mol. The van der Waals surface area contributed by atoms with Crippen LogP contribution >= 0.6 is 0 Å². The van der Waals surface area contributed by atoms with Crippen molar-refractivity contribution in [2.75, 3.05) is 13.7 Å². The molecule has 1 amide bonds. The van der Waals surface area contributed by atoms with Gasteiger partial charge >= 0.3 is 0 Å². The van der Waals surface area contributed by atoms with Crippen LogP contribution in [0, 0.1) is 17.2 Å². The lowest BCUT2D eigenvalue weighted by molar-refractivity contribution is -0.138. The molecule has 0 aliphatic rings. The second kappa shape index (κ2) is 6.35. The lowest BCUT2D eigenvalue weighted by Gasteiger charge is -2.43. The Balaban J connectivity index is 3.27. The van der Waals surface area contributed by atoms with Crippen molar-refractivity contribution in [3.63, 3.8) is 0 Å². The summed E-state index contributed by atoms with van der Waals surface area (Å²) in [5.41, 5.74) is 0.659. The fraction of sp³-hybridized carbons (Fsp3) is 0.562. The first kappa shape index (κ1) is 16.6. The zero-order valence-corrected chi connectivity index (χ0v) is 12.9. The number of nitrogens with zero attached hydrogens (tertiary/aromatic N) is 1. The Morgan fingerprint density at radius 3 is 2.20 bits per heavy atom. The molecule has 0 spiro atoms. The van der Waals surface area contributed by atoms with Gasteiger partial charge in [-0.2, -0.15) is 0 Å². The largest absolute Gasteiger partial charge is 0.387 e. The van der Waals surface area contributed by atoms with Crippen molar-refractivity contribution in [3.05, 3.63) is 35.6 Å². The number of hydrogen-bond donors (Lipinski definition) is 1. The first-order valence-corrected chi connectivity index (χ1v) is 6.83. The monoisotopic (exact) mass is 281 g/mol. The molecule has 4 heteroatoms. The third kappa shape index (κ3) is 3.37. The molecular formula is C16H24FNO2. The van der Waals surface area contributed by atoms with Crippen LogP contribution in [0.4, 0.5) is 4.39 Å². The van der Waals surface area contributed by atoms with Crippen LogP contribution in [0.1, 0.15) is 39.3 Å². The first-order valence-electron chi connectivity index (χ1n) is 6.83. The standard InChI is InChI=1S/C16H24FNO2/c1-11(2)16(3,4)15(18(5)14(20)10-19)12-6-8-13(17)9-7-12/h6-9,11,15,19H,10H2,1-5H3. The fourth-order valence-electron chi connectivity index (χ4n) is 2.37. The van der Waals surface area contributed by atoms with E-state index in [2.05, 4.69) is 27.7 Å². The van der Waals surface area contributed by atoms with Crippen molar-refractivity contribution in [1.29, 1.82) is 0 Å². The molecule has 0 saturated carbocycles. The average Bonchev–Trinajstić information content (AvgIpc) is 2.39. The van der Waals surface area contributed by atoms with Crippen LogP contribution in [0.3, 0.4) is 0 Å². The Kier molecular flexibility index (Phi) is 5.28.